The molecule has 0 atom stereocenters. The van der Waals surface area contributed by atoms with Gasteiger partial charge in [-0.1, -0.05) is 12.1 Å². The number of carbonyl (C=O) groups excluding carboxylic acids is 2. The number of esters is 1. The highest BCUT2D eigenvalue weighted by molar-refractivity contribution is 7.90. The fraction of sp³-hybridized carbons (Fsp3) is 0.294. The van der Waals surface area contributed by atoms with Crippen molar-refractivity contribution in [1.29, 1.82) is 0 Å². The van der Waals surface area contributed by atoms with Crippen LogP contribution in [0.5, 0.6) is 0 Å². The summed E-state index contributed by atoms with van der Waals surface area (Å²) in [6.07, 6.45) is 4.13. The van der Waals surface area contributed by atoms with Gasteiger partial charge in [-0.15, -0.1) is 11.3 Å². The van der Waals surface area contributed by atoms with E-state index in [9.17, 15) is 18.0 Å². The summed E-state index contributed by atoms with van der Waals surface area (Å²) in [6, 6.07) is 7.90. The molecule has 3 rings (SSSR count). The fourth-order valence-electron chi connectivity index (χ4n) is 2.71. The second-order valence-electron chi connectivity index (χ2n) is 5.81. The molecule has 25 heavy (non-hydrogen) atoms. The Hall–Kier alpha value is -2.19. The molecule has 1 aromatic heterocycles. The molecule has 0 radical (unpaired) electrons. The average Bonchev–Trinajstić information content (AvgIpc) is 3.13. The van der Waals surface area contributed by atoms with Crippen LogP contribution in [0.2, 0.25) is 0 Å². The summed E-state index contributed by atoms with van der Waals surface area (Å²) in [6.45, 7) is -0.473. The number of nitrogens with one attached hydrogen (secondary N) is 1. The van der Waals surface area contributed by atoms with E-state index in [4.69, 9.17) is 4.74 Å². The van der Waals surface area contributed by atoms with E-state index in [0.717, 1.165) is 25.5 Å². The lowest BCUT2D eigenvalue weighted by atomic mass is 10.2. The molecule has 0 aliphatic heterocycles. The van der Waals surface area contributed by atoms with Crippen LogP contribution in [0.3, 0.4) is 0 Å². The molecule has 0 bridgehead atoms. The molecular weight excluding hydrogens is 362 g/mol. The molecule has 1 N–H and O–H groups in total. The number of para-hydroxylation sites is 1. The Kier molecular flexibility index (Phi) is 4.91. The molecule has 0 unspecified atom stereocenters. The summed E-state index contributed by atoms with van der Waals surface area (Å²) < 4.78 is 28.5. The number of carbonyl (C=O) groups is 2. The molecule has 1 aliphatic rings. The molecule has 0 saturated heterocycles. The minimum Gasteiger partial charge on any atom is -0.451 e. The third kappa shape index (κ3) is 4.08. The van der Waals surface area contributed by atoms with Crippen LogP contribution in [0.1, 0.15) is 26.5 Å². The maximum atomic E-state index is 12.0. The number of benzene rings is 1. The smallest absolute Gasteiger partial charge is 0.348 e. The molecule has 2 aromatic rings. The van der Waals surface area contributed by atoms with Crippen LogP contribution in [0.4, 0.5) is 5.69 Å². The molecule has 1 aromatic carbocycles. The minimum atomic E-state index is -3.47. The van der Waals surface area contributed by atoms with E-state index >= 15 is 0 Å². The number of fused-ring (bicyclic) bond motifs is 1. The Bertz CT molecular complexity index is 909. The van der Waals surface area contributed by atoms with Gasteiger partial charge in [0.15, 0.2) is 16.4 Å². The third-order valence-electron chi connectivity index (χ3n) is 3.84. The Morgan fingerprint density at radius 1 is 1.24 bits per heavy atom. The second-order valence-corrected chi connectivity index (χ2v) is 8.93. The minimum absolute atomic E-state index is 0.0179. The number of ether oxygens (including phenoxy) is 1. The fourth-order valence-corrected chi connectivity index (χ4v) is 4.70. The SMILES string of the molecule is CS(=O)(=O)c1ccccc1NC(=O)COC(=O)c1cc2c(s1)CCC2. The van der Waals surface area contributed by atoms with E-state index in [1.165, 1.54) is 33.9 Å². The highest BCUT2D eigenvalue weighted by atomic mass is 32.2. The molecule has 0 spiro atoms. The summed E-state index contributed by atoms with van der Waals surface area (Å²) >= 11 is 1.41. The Morgan fingerprint density at radius 2 is 2.00 bits per heavy atom. The number of anilines is 1. The zero-order valence-corrected chi connectivity index (χ0v) is 15.2. The lowest BCUT2D eigenvalue weighted by molar-refractivity contribution is -0.119. The van der Waals surface area contributed by atoms with Crippen molar-refractivity contribution in [2.45, 2.75) is 24.2 Å². The first-order valence-corrected chi connectivity index (χ1v) is 10.4. The molecule has 0 saturated carbocycles. The summed E-state index contributed by atoms with van der Waals surface area (Å²) in [5.74, 6) is -1.13. The van der Waals surface area contributed by atoms with Gasteiger partial charge >= 0.3 is 5.97 Å². The number of hydrogen-bond donors (Lipinski definition) is 1. The van der Waals surface area contributed by atoms with E-state index in [-0.39, 0.29) is 10.6 Å². The molecule has 0 fully saturated rings. The molecular formula is C17H17NO5S2. The van der Waals surface area contributed by atoms with Gasteiger partial charge in [0.05, 0.1) is 10.6 Å². The molecule has 6 nitrogen and oxygen atoms in total. The quantitative estimate of drug-likeness (QED) is 0.806. The number of amides is 1. The van der Waals surface area contributed by atoms with E-state index in [0.29, 0.717) is 4.88 Å². The normalized spacial score (nSPS) is 13.3. The van der Waals surface area contributed by atoms with Crippen molar-refractivity contribution >= 4 is 38.7 Å². The summed E-state index contributed by atoms with van der Waals surface area (Å²) in [7, 11) is -3.47. The Morgan fingerprint density at radius 3 is 2.72 bits per heavy atom. The van der Waals surface area contributed by atoms with Crippen molar-refractivity contribution in [1.82, 2.24) is 0 Å². The van der Waals surface area contributed by atoms with Gasteiger partial charge < -0.3 is 10.1 Å². The second kappa shape index (κ2) is 6.97. The van der Waals surface area contributed by atoms with Gasteiger partial charge in [-0.05, 0) is 43.0 Å². The van der Waals surface area contributed by atoms with Crippen molar-refractivity contribution in [3.63, 3.8) is 0 Å². The van der Waals surface area contributed by atoms with Gasteiger partial charge in [-0.3, -0.25) is 4.79 Å². The molecule has 132 valence electrons. The summed E-state index contributed by atoms with van der Waals surface area (Å²) in [5, 5.41) is 2.47. The zero-order valence-electron chi connectivity index (χ0n) is 13.6. The topological polar surface area (TPSA) is 89.5 Å². The molecule has 1 amide bonds. The average molecular weight is 379 g/mol. The van der Waals surface area contributed by atoms with Crippen LogP contribution >= 0.6 is 11.3 Å². The maximum absolute atomic E-state index is 12.0. The van der Waals surface area contributed by atoms with Crippen molar-refractivity contribution in [2.75, 3.05) is 18.2 Å². The van der Waals surface area contributed by atoms with Crippen LogP contribution in [0, 0.1) is 0 Å². The summed E-state index contributed by atoms with van der Waals surface area (Å²) in [4.78, 5) is 25.8. The van der Waals surface area contributed by atoms with Gasteiger partial charge in [-0.2, -0.15) is 0 Å². The monoisotopic (exact) mass is 379 g/mol. The van der Waals surface area contributed by atoms with Crippen molar-refractivity contribution in [3.05, 3.63) is 45.6 Å². The predicted octanol–water partition coefficient (Wildman–Crippen LogP) is 2.44. The first-order valence-electron chi connectivity index (χ1n) is 7.72. The number of hydrogen-bond acceptors (Lipinski definition) is 6. The van der Waals surface area contributed by atoms with Crippen molar-refractivity contribution < 1.29 is 22.7 Å². The maximum Gasteiger partial charge on any atom is 0.348 e. The first-order chi connectivity index (χ1) is 11.8. The lowest BCUT2D eigenvalue weighted by Gasteiger charge is -2.09. The van der Waals surface area contributed by atoms with Gasteiger partial charge in [0.25, 0.3) is 5.91 Å². The Balaban J connectivity index is 1.61. The molecule has 8 heteroatoms. The molecule has 1 aliphatic carbocycles. The van der Waals surface area contributed by atoms with Gasteiger partial charge in [-0.25, -0.2) is 13.2 Å². The number of sulfone groups is 1. The van der Waals surface area contributed by atoms with E-state index in [2.05, 4.69) is 5.32 Å². The highest BCUT2D eigenvalue weighted by Crippen LogP contribution is 2.30. The Labute approximate surface area is 149 Å². The van der Waals surface area contributed by atoms with Crippen LogP contribution < -0.4 is 5.32 Å². The van der Waals surface area contributed by atoms with E-state index in [1.54, 1.807) is 12.1 Å². The number of rotatable bonds is 5. The highest BCUT2D eigenvalue weighted by Gasteiger charge is 2.20. The van der Waals surface area contributed by atoms with E-state index < -0.39 is 28.3 Å². The number of thiophene rings is 1. The lowest BCUT2D eigenvalue weighted by Crippen LogP contribution is -2.21. The van der Waals surface area contributed by atoms with Crippen LogP contribution in [0.15, 0.2) is 35.2 Å². The molecule has 1 heterocycles. The van der Waals surface area contributed by atoms with Gasteiger partial charge in [0.1, 0.15) is 4.88 Å². The van der Waals surface area contributed by atoms with Crippen molar-refractivity contribution in [3.8, 4) is 0 Å². The predicted molar refractivity (Wildman–Crippen MR) is 94.8 cm³/mol. The standard InChI is InChI=1S/C17H17NO5S2/c1-25(21,22)15-8-3-2-6-12(15)18-16(19)10-23-17(20)14-9-11-5-4-7-13(11)24-14/h2-3,6,8-9H,4-5,7,10H2,1H3,(H,18,19). The van der Waals surface area contributed by atoms with Crippen LogP contribution in [0.25, 0.3) is 0 Å². The zero-order chi connectivity index (χ0) is 18.0. The van der Waals surface area contributed by atoms with Crippen LogP contribution in [-0.4, -0.2) is 33.2 Å². The van der Waals surface area contributed by atoms with Crippen molar-refractivity contribution in [2.24, 2.45) is 0 Å². The van der Waals surface area contributed by atoms with E-state index in [1.807, 2.05) is 6.07 Å². The van der Waals surface area contributed by atoms with Gasteiger partial charge in [0, 0.05) is 11.1 Å². The first kappa shape index (κ1) is 17.6. The third-order valence-corrected chi connectivity index (χ3v) is 6.21. The largest absolute Gasteiger partial charge is 0.451 e. The number of aryl methyl sites for hydroxylation is 2. The van der Waals surface area contributed by atoms with Crippen LogP contribution in [-0.2, 0) is 32.2 Å². The van der Waals surface area contributed by atoms with Gasteiger partial charge in [0.2, 0.25) is 0 Å². The summed E-state index contributed by atoms with van der Waals surface area (Å²) in [5.41, 5.74) is 1.35.